The van der Waals surface area contributed by atoms with E-state index in [-0.39, 0.29) is 11.5 Å². The van der Waals surface area contributed by atoms with Gasteiger partial charge in [0, 0.05) is 0 Å². The predicted octanol–water partition coefficient (Wildman–Crippen LogP) is 1.55. The van der Waals surface area contributed by atoms with Crippen molar-refractivity contribution in [1.29, 1.82) is 0 Å². The van der Waals surface area contributed by atoms with E-state index in [1.807, 2.05) is 0 Å². The standard InChI is InChI=1S/C8H9FO3S/c1-2-13(10,11)12-8-6-4-3-5-7(8)9/h3-6H,2H2,1H3. The van der Waals surface area contributed by atoms with E-state index in [1.165, 1.54) is 25.1 Å². The molecule has 0 aliphatic carbocycles. The molecule has 1 rings (SSSR count). The summed E-state index contributed by atoms with van der Waals surface area (Å²) in [6.45, 7) is 1.43. The van der Waals surface area contributed by atoms with Crippen LogP contribution < -0.4 is 4.18 Å². The maximum absolute atomic E-state index is 12.9. The number of benzene rings is 1. The minimum absolute atomic E-state index is 0.179. The maximum atomic E-state index is 12.9. The molecular weight excluding hydrogens is 195 g/mol. The van der Waals surface area contributed by atoms with Gasteiger partial charge >= 0.3 is 10.1 Å². The van der Waals surface area contributed by atoms with Gasteiger partial charge in [0.2, 0.25) is 0 Å². The van der Waals surface area contributed by atoms with Crippen molar-refractivity contribution >= 4 is 10.1 Å². The lowest BCUT2D eigenvalue weighted by Crippen LogP contribution is -2.12. The molecule has 0 bridgehead atoms. The zero-order valence-corrected chi connectivity index (χ0v) is 7.84. The average Bonchev–Trinajstić information content (AvgIpc) is 2.09. The summed E-state index contributed by atoms with van der Waals surface area (Å²) >= 11 is 0. The van der Waals surface area contributed by atoms with Gasteiger partial charge in [0.15, 0.2) is 11.6 Å². The fourth-order valence-corrected chi connectivity index (χ4v) is 1.23. The highest BCUT2D eigenvalue weighted by molar-refractivity contribution is 7.87. The highest BCUT2D eigenvalue weighted by Crippen LogP contribution is 2.17. The lowest BCUT2D eigenvalue weighted by atomic mass is 10.3. The number of halogens is 1. The molecule has 3 nitrogen and oxygen atoms in total. The van der Waals surface area contributed by atoms with E-state index in [0.29, 0.717) is 0 Å². The number of hydrogen-bond donors (Lipinski definition) is 0. The van der Waals surface area contributed by atoms with Crippen LogP contribution in [-0.2, 0) is 10.1 Å². The quantitative estimate of drug-likeness (QED) is 0.702. The van der Waals surface area contributed by atoms with Crippen molar-refractivity contribution < 1.29 is 17.0 Å². The Morgan fingerprint density at radius 3 is 2.54 bits per heavy atom. The van der Waals surface area contributed by atoms with Crippen LogP contribution in [0.25, 0.3) is 0 Å². The molecular formula is C8H9FO3S. The van der Waals surface area contributed by atoms with Crippen molar-refractivity contribution in [1.82, 2.24) is 0 Å². The van der Waals surface area contributed by atoms with E-state index in [1.54, 1.807) is 0 Å². The van der Waals surface area contributed by atoms with Crippen LogP contribution in [-0.4, -0.2) is 14.2 Å². The third kappa shape index (κ3) is 2.69. The summed E-state index contributed by atoms with van der Waals surface area (Å²) in [6.07, 6.45) is 0. The first-order valence-electron chi connectivity index (χ1n) is 3.72. The zero-order valence-electron chi connectivity index (χ0n) is 7.03. The van der Waals surface area contributed by atoms with Crippen LogP contribution in [0.4, 0.5) is 4.39 Å². The lowest BCUT2D eigenvalue weighted by molar-refractivity contribution is 0.462. The van der Waals surface area contributed by atoms with Crippen molar-refractivity contribution in [3.63, 3.8) is 0 Å². The van der Waals surface area contributed by atoms with Crippen molar-refractivity contribution in [3.05, 3.63) is 30.1 Å². The monoisotopic (exact) mass is 204 g/mol. The van der Waals surface area contributed by atoms with Crippen molar-refractivity contribution in [2.45, 2.75) is 6.92 Å². The van der Waals surface area contributed by atoms with Gasteiger partial charge in [-0.15, -0.1) is 0 Å². The number of para-hydroxylation sites is 1. The maximum Gasteiger partial charge on any atom is 0.308 e. The van der Waals surface area contributed by atoms with E-state index < -0.39 is 15.9 Å². The minimum Gasteiger partial charge on any atom is -0.379 e. The molecule has 0 unspecified atom stereocenters. The largest absolute Gasteiger partial charge is 0.379 e. The number of rotatable bonds is 3. The van der Waals surface area contributed by atoms with Crippen molar-refractivity contribution in [2.75, 3.05) is 5.75 Å². The molecule has 0 N–H and O–H groups in total. The summed E-state index contributed by atoms with van der Waals surface area (Å²) in [5.74, 6) is -1.12. The van der Waals surface area contributed by atoms with E-state index in [4.69, 9.17) is 0 Å². The topological polar surface area (TPSA) is 43.4 Å². The van der Waals surface area contributed by atoms with Crippen LogP contribution in [0.1, 0.15) is 6.92 Å². The molecule has 0 aromatic heterocycles. The molecule has 0 atom stereocenters. The van der Waals surface area contributed by atoms with Gasteiger partial charge in [-0.2, -0.15) is 8.42 Å². The Kier molecular flexibility index (Phi) is 2.87. The molecule has 13 heavy (non-hydrogen) atoms. The van der Waals surface area contributed by atoms with E-state index >= 15 is 0 Å². The fourth-order valence-electron chi connectivity index (χ4n) is 0.708. The van der Waals surface area contributed by atoms with Gasteiger partial charge in [-0.25, -0.2) is 4.39 Å². The van der Waals surface area contributed by atoms with Crippen LogP contribution >= 0.6 is 0 Å². The van der Waals surface area contributed by atoms with Crippen LogP contribution in [0, 0.1) is 5.82 Å². The molecule has 0 fully saturated rings. The van der Waals surface area contributed by atoms with Crippen LogP contribution in [0.5, 0.6) is 5.75 Å². The van der Waals surface area contributed by atoms with E-state index in [0.717, 1.165) is 6.07 Å². The van der Waals surface area contributed by atoms with Gasteiger partial charge in [-0.1, -0.05) is 12.1 Å². The predicted molar refractivity (Wildman–Crippen MR) is 46.5 cm³/mol. The second-order valence-electron chi connectivity index (χ2n) is 2.36. The molecule has 0 saturated heterocycles. The van der Waals surface area contributed by atoms with Crippen molar-refractivity contribution in [2.24, 2.45) is 0 Å². The summed E-state index contributed by atoms with van der Waals surface area (Å²) in [6, 6.07) is 5.37. The third-order valence-electron chi connectivity index (χ3n) is 1.41. The van der Waals surface area contributed by atoms with E-state index in [2.05, 4.69) is 4.18 Å². The van der Waals surface area contributed by atoms with Gasteiger partial charge in [0.05, 0.1) is 5.75 Å². The molecule has 5 heteroatoms. The first kappa shape index (κ1) is 9.98. The molecule has 0 amide bonds. The van der Waals surface area contributed by atoms with Gasteiger partial charge < -0.3 is 4.18 Å². The van der Waals surface area contributed by atoms with Crippen LogP contribution in [0.15, 0.2) is 24.3 Å². The SMILES string of the molecule is CCS(=O)(=O)Oc1ccccc1F. The first-order chi connectivity index (χ1) is 6.05. The highest BCUT2D eigenvalue weighted by Gasteiger charge is 2.11. The Bertz CT molecular complexity index is 386. The molecule has 72 valence electrons. The normalized spacial score (nSPS) is 11.2. The molecule has 1 aromatic rings. The molecule has 0 radical (unpaired) electrons. The summed E-state index contributed by atoms with van der Waals surface area (Å²) in [5.41, 5.74) is 0. The minimum atomic E-state index is -3.64. The van der Waals surface area contributed by atoms with Gasteiger partial charge in [0.1, 0.15) is 0 Å². The average molecular weight is 204 g/mol. The van der Waals surface area contributed by atoms with E-state index in [9.17, 15) is 12.8 Å². The first-order valence-corrected chi connectivity index (χ1v) is 5.29. The van der Waals surface area contributed by atoms with Crippen LogP contribution in [0.3, 0.4) is 0 Å². The smallest absolute Gasteiger partial charge is 0.308 e. The summed E-state index contributed by atoms with van der Waals surface area (Å²) in [4.78, 5) is 0. The van der Waals surface area contributed by atoms with Crippen molar-refractivity contribution in [3.8, 4) is 5.75 Å². The summed E-state index contributed by atoms with van der Waals surface area (Å²) in [5, 5.41) is 0. The fraction of sp³-hybridized carbons (Fsp3) is 0.250. The highest BCUT2D eigenvalue weighted by atomic mass is 32.2. The molecule has 0 aliphatic rings. The second kappa shape index (κ2) is 3.74. The van der Waals surface area contributed by atoms with Gasteiger partial charge in [-0.3, -0.25) is 0 Å². The van der Waals surface area contributed by atoms with Gasteiger partial charge in [0.25, 0.3) is 0 Å². The Morgan fingerprint density at radius 1 is 1.38 bits per heavy atom. The number of hydrogen-bond acceptors (Lipinski definition) is 3. The molecule has 0 heterocycles. The Labute approximate surface area is 76.3 Å². The zero-order chi connectivity index (χ0) is 9.90. The third-order valence-corrected chi connectivity index (χ3v) is 2.55. The summed E-state index contributed by atoms with van der Waals surface area (Å²) < 4.78 is 39.2. The lowest BCUT2D eigenvalue weighted by Gasteiger charge is -2.04. The molecule has 0 aliphatic heterocycles. The molecule has 0 spiro atoms. The Hall–Kier alpha value is -1.10. The summed E-state index contributed by atoms with van der Waals surface area (Å²) in [7, 11) is -3.64. The Morgan fingerprint density at radius 2 is 2.00 bits per heavy atom. The Balaban J connectivity index is 2.93. The van der Waals surface area contributed by atoms with Crippen LogP contribution in [0.2, 0.25) is 0 Å². The van der Waals surface area contributed by atoms with Gasteiger partial charge in [-0.05, 0) is 19.1 Å². The molecule has 1 aromatic carbocycles. The second-order valence-corrected chi connectivity index (χ2v) is 4.22. The molecule has 0 saturated carbocycles.